The molecule has 0 saturated carbocycles. The van der Waals surface area contributed by atoms with Crippen molar-refractivity contribution in [1.82, 2.24) is 4.90 Å². The minimum Gasteiger partial charge on any atom is -0.493 e. The smallest absolute Gasteiger partial charge is 0.161 e. The Morgan fingerprint density at radius 2 is 1.69 bits per heavy atom. The normalized spacial score (nSPS) is 11.1. The first-order chi connectivity index (χ1) is 14.2. The maximum absolute atomic E-state index is 6.32. The third kappa shape index (κ3) is 5.34. The summed E-state index contributed by atoms with van der Waals surface area (Å²) in [5, 5.41) is 6.44. The average Bonchev–Trinajstić information content (AvgIpc) is 2.77. The molecule has 0 heterocycles. The summed E-state index contributed by atoms with van der Waals surface area (Å²) >= 11 is 6.32. The van der Waals surface area contributed by atoms with Gasteiger partial charge in [0.15, 0.2) is 11.5 Å². The van der Waals surface area contributed by atoms with Crippen molar-refractivity contribution in [3.05, 3.63) is 65.2 Å². The molecule has 3 aromatic rings. The van der Waals surface area contributed by atoms with Crippen LogP contribution < -0.4 is 14.8 Å². The molecule has 154 valence electrons. The van der Waals surface area contributed by atoms with Crippen molar-refractivity contribution >= 4 is 28.1 Å². The second-order valence-corrected chi connectivity index (χ2v) is 7.26. The van der Waals surface area contributed by atoms with Crippen LogP contribution in [-0.2, 0) is 6.54 Å². The highest BCUT2D eigenvalue weighted by atomic mass is 35.5. The summed E-state index contributed by atoms with van der Waals surface area (Å²) < 4.78 is 11.5. The predicted molar refractivity (Wildman–Crippen MR) is 123 cm³/mol. The molecule has 3 aromatic carbocycles. The molecule has 4 nitrogen and oxygen atoms in total. The first kappa shape index (κ1) is 21.3. The Bertz CT molecular complexity index is 941. The van der Waals surface area contributed by atoms with Crippen LogP contribution in [0.3, 0.4) is 0 Å². The van der Waals surface area contributed by atoms with Crippen LogP contribution in [0.25, 0.3) is 10.8 Å². The molecule has 29 heavy (non-hydrogen) atoms. The topological polar surface area (TPSA) is 33.7 Å². The van der Waals surface area contributed by atoms with Crippen LogP contribution in [0.2, 0.25) is 5.02 Å². The Morgan fingerprint density at radius 1 is 0.931 bits per heavy atom. The molecule has 5 heteroatoms. The Labute approximate surface area is 178 Å². The third-order valence-corrected chi connectivity index (χ3v) is 5.47. The molecule has 0 radical (unpaired) electrons. The van der Waals surface area contributed by atoms with E-state index in [2.05, 4.69) is 36.2 Å². The molecule has 0 fully saturated rings. The van der Waals surface area contributed by atoms with Gasteiger partial charge < -0.3 is 19.7 Å². The number of hydrogen-bond acceptors (Lipinski definition) is 4. The standard InChI is InChI=1S/C24H29ClN2O2/c1-4-27(5-2)14-15-29-23-13-10-18(16-24(23)28-3)17-26-22-12-11-21(25)19-8-6-7-9-20(19)22/h6-13,16,26H,4-5,14-15,17H2,1-3H3. The molecule has 0 saturated heterocycles. The zero-order chi connectivity index (χ0) is 20.6. The van der Waals surface area contributed by atoms with E-state index in [-0.39, 0.29) is 0 Å². The molecule has 0 spiro atoms. The number of methoxy groups -OCH3 is 1. The quantitative estimate of drug-likeness (QED) is 0.454. The van der Waals surface area contributed by atoms with Gasteiger partial charge in [-0.3, -0.25) is 0 Å². The van der Waals surface area contributed by atoms with Crippen LogP contribution in [0.1, 0.15) is 19.4 Å². The minimum atomic E-state index is 0.645. The highest BCUT2D eigenvalue weighted by molar-refractivity contribution is 6.36. The van der Waals surface area contributed by atoms with Crippen molar-refractivity contribution in [3.63, 3.8) is 0 Å². The number of fused-ring (bicyclic) bond motifs is 1. The van der Waals surface area contributed by atoms with Gasteiger partial charge in [-0.1, -0.05) is 55.8 Å². The molecule has 0 aliphatic rings. The van der Waals surface area contributed by atoms with Gasteiger partial charge in [-0.2, -0.15) is 0 Å². The van der Waals surface area contributed by atoms with Crippen molar-refractivity contribution in [3.8, 4) is 11.5 Å². The van der Waals surface area contributed by atoms with Gasteiger partial charge in [0.1, 0.15) is 6.61 Å². The van der Waals surface area contributed by atoms with Gasteiger partial charge in [0.25, 0.3) is 0 Å². The molecule has 0 amide bonds. The number of benzene rings is 3. The van der Waals surface area contributed by atoms with Gasteiger partial charge in [-0.25, -0.2) is 0 Å². The van der Waals surface area contributed by atoms with Crippen LogP contribution in [0.15, 0.2) is 54.6 Å². The molecule has 0 atom stereocenters. The van der Waals surface area contributed by atoms with Gasteiger partial charge in [0.05, 0.1) is 7.11 Å². The van der Waals surface area contributed by atoms with Crippen LogP contribution in [-0.4, -0.2) is 38.3 Å². The van der Waals surface area contributed by atoms with E-state index < -0.39 is 0 Å². The van der Waals surface area contributed by atoms with Crippen molar-refractivity contribution in [2.24, 2.45) is 0 Å². The van der Waals surface area contributed by atoms with E-state index in [1.807, 2.05) is 42.5 Å². The molecular weight excluding hydrogens is 384 g/mol. The molecule has 0 aromatic heterocycles. The van der Waals surface area contributed by atoms with Gasteiger partial charge in [0, 0.05) is 34.6 Å². The lowest BCUT2D eigenvalue weighted by molar-refractivity contribution is 0.217. The van der Waals surface area contributed by atoms with Crippen LogP contribution >= 0.6 is 11.6 Å². The lowest BCUT2D eigenvalue weighted by Gasteiger charge is -2.19. The summed E-state index contributed by atoms with van der Waals surface area (Å²) in [7, 11) is 1.68. The van der Waals surface area contributed by atoms with Crippen molar-refractivity contribution in [2.75, 3.05) is 38.7 Å². The maximum atomic E-state index is 6.32. The fourth-order valence-electron chi connectivity index (χ4n) is 3.38. The summed E-state index contributed by atoms with van der Waals surface area (Å²) in [6.07, 6.45) is 0. The highest BCUT2D eigenvalue weighted by Gasteiger charge is 2.08. The fourth-order valence-corrected chi connectivity index (χ4v) is 3.61. The summed E-state index contributed by atoms with van der Waals surface area (Å²) in [5.74, 6) is 1.53. The Morgan fingerprint density at radius 3 is 2.41 bits per heavy atom. The SMILES string of the molecule is CCN(CC)CCOc1ccc(CNc2ccc(Cl)c3ccccc23)cc1OC. The second-order valence-electron chi connectivity index (χ2n) is 6.85. The zero-order valence-corrected chi connectivity index (χ0v) is 18.1. The molecule has 3 rings (SSSR count). The first-order valence-electron chi connectivity index (χ1n) is 10.1. The van der Waals surface area contributed by atoms with E-state index in [0.29, 0.717) is 13.2 Å². The lowest BCUT2D eigenvalue weighted by Crippen LogP contribution is -2.27. The van der Waals surface area contributed by atoms with Crippen LogP contribution in [0, 0.1) is 0 Å². The van der Waals surface area contributed by atoms with E-state index in [1.54, 1.807) is 7.11 Å². The monoisotopic (exact) mass is 412 g/mol. The van der Waals surface area contributed by atoms with Crippen molar-refractivity contribution in [2.45, 2.75) is 20.4 Å². The largest absolute Gasteiger partial charge is 0.493 e. The number of rotatable bonds is 10. The zero-order valence-electron chi connectivity index (χ0n) is 17.4. The van der Waals surface area contributed by atoms with Crippen LogP contribution in [0.5, 0.6) is 11.5 Å². The maximum Gasteiger partial charge on any atom is 0.161 e. The van der Waals surface area contributed by atoms with E-state index >= 15 is 0 Å². The van der Waals surface area contributed by atoms with E-state index in [9.17, 15) is 0 Å². The van der Waals surface area contributed by atoms with Gasteiger partial charge in [0.2, 0.25) is 0 Å². The number of anilines is 1. The summed E-state index contributed by atoms with van der Waals surface area (Å²) in [4.78, 5) is 2.33. The molecule has 0 aliphatic heterocycles. The Kier molecular flexibility index (Phi) is 7.62. The molecular formula is C24H29ClN2O2. The highest BCUT2D eigenvalue weighted by Crippen LogP contribution is 2.31. The van der Waals surface area contributed by atoms with E-state index in [1.165, 1.54) is 0 Å². The third-order valence-electron chi connectivity index (χ3n) is 5.14. The number of nitrogens with one attached hydrogen (secondary N) is 1. The Hall–Kier alpha value is -2.43. The molecule has 0 aliphatic carbocycles. The summed E-state index contributed by atoms with van der Waals surface area (Å²) in [5.41, 5.74) is 2.18. The molecule has 0 unspecified atom stereocenters. The van der Waals surface area contributed by atoms with Crippen LogP contribution in [0.4, 0.5) is 5.69 Å². The predicted octanol–water partition coefficient (Wildman–Crippen LogP) is 5.83. The van der Waals surface area contributed by atoms with Crippen molar-refractivity contribution in [1.29, 1.82) is 0 Å². The Balaban J connectivity index is 1.67. The minimum absolute atomic E-state index is 0.645. The second kappa shape index (κ2) is 10.4. The van der Waals surface area contributed by atoms with Crippen molar-refractivity contribution < 1.29 is 9.47 Å². The van der Waals surface area contributed by atoms with Gasteiger partial charge in [-0.15, -0.1) is 0 Å². The van der Waals surface area contributed by atoms with Gasteiger partial charge in [-0.05, 0) is 42.9 Å². The average molecular weight is 413 g/mol. The molecule has 1 N–H and O–H groups in total. The number of halogens is 1. The summed E-state index contributed by atoms with van der Waals surface area (Å²) in [6.45, 7) is 8.62. The number of likely N-dealkylation sites (N-methyl/N-ethyl adjacent to an activating group) is 1. The number of ether oxygens (including phenoxy) is 2. The fraction of sp³-hybridized carbons (Fsp3) is 0.333. The lowest BCUT2D eigenvalue weighted by atomic mass is 10.1. The summed E-state index contributed by atoms with van der Waals surface area (Å²) in [6, 6.07) is 18.2. The van der Waals surface area contributed by atoms with E-state index in [0.717, 1.165) is 58.2 Å². The molecule has 0 bridgehead atoms. The van der Waals surface area contributed by atoms with Gasteiger partial charge >= 0.3 is 0 Å². The number of hydrogen-bond donors (Lipinski definition) is 1. The number of nitrogens with zero attached hydrogens (tertiary/aromatic N) is 1. The first-order valence-corrected chi connectivity index (χ1v) is 10.5. The van der Waals surface area contributed by atoms with E-state index in [4.69, 9.17) is 21.1 Å².